The first-order valence-corrected chi connectivity index (χ1v) is 11.2. The van der Waals surface area contributed by atoms with Crippen LogP contribution in [0.5, 0.6) is 10.9 Å². The Balaban J connectivity index is 1.70. The van der Waals surface area contributed by atoms with Crippen LogP contribution < -0.4 is 14.8 Å². The van der Waals surface area contributed by atoms with Crippen molar-refractivity contribution in [2.75, 3.05) is 26.1 Å². The van der Waals surface area contributed by atoms with Crippen LogP contribution in [0, 0.1) is 12.7 Å². The second-order valence-electron chi connectivity index (χ2n) is 7.06. The number of carbonyl (C=O) groups is 1. The Hall–Kier alpha value is -3.79. The van der Waals surface area contributed by atoms with E-state index in [9.17, 15) is 9.18 Å². The van der Waals surface area contributed by atoms with Crippen LogP contribution in [0.1, 0.15) is 29.4 Å². The molecule has 0 saturated heterocycles. The summed E-state index contributed by atoms with van der Waals surface area (Å²) in [4.78, 5) is 17.2. The summed E-state index contributed by atoms with van der Waals surface area (Å²) in [6, 6.07) is 6.13. The minimum Gasteiger partial charge on any atom is -0.501 e. The van der Waals surface area contributed by atoms with E-state index in [1.165, 1.54) is 19.4 Å². The standard InChI is InChI=1S/C24H25FN4O4S/c1-15-13-17(21-19(25)10-8-11-20(21)32-4)18(14-26-15)22(30)27-23-28-29-24(34-23)33-12-7-5-6-9-16(2)31-3/h5-6,8-11,13-14H,7,12H2,1-4H3,(H,27,28,30)/b6-5-,16-9+. The molecular weight excluding hydrogens is 459 g/mol. The number of nitrogens with zero attached hydrogens (tertiary/aromatic N) is 3. The van der Waals surface area contributed by atoms with Gasteiger partial charge in [0.15, 0.2) is 0 Å². The van der Waals surface area contributed by atoms with Gasteiger partial charge in [0.1, 0.15) is 11.6 Å². The Morgan fingerprint density at radius 1 is 1.26 bits per heavy atom. The Morgan fingerprint density at radius 2 is 2.09 bits per heavy atom. The van der Waals surface area contributed by atoms with Crippen molar-refractivity contribution in [3.8, 4) is 22.1 Å². The maximum absolute atomic E-state index is 14.7. The Morgan fingerprint density at radius 3 is 2.85 bits per heavy atom. The Labute approximate surface area is 201 Å². The maximum Gasteiger partial charge on any atom is 0.295 e. The highest BCUT2D eigenvalue weighted by Crippen LogP contribution is 2.35. The molecule has 0 unspecified atom stereocenters. The predicted molar refractivity (Wildman–Crippen MR) is 129 cm³/mol. The monoisotopic (exact) mass is 484 g/mol. The first kappa shape index (κ1) is 24.8. The van der Waals surface area contributed by atoms with Crippen molar-refractivity contribution in [2.24, 2.45) is 0 Å². The van der Waals surface area contributed by atoms with Crippen molar-refractivity contribution in [3.63, 3.8) is 0 Å². The van der Waals surface area contributed by atoms with Gasteiger partial charge in [-0.15, -0.1) is 5.10 Å². The number of methoxy groups -OCH3 is 2. The number of aryl methyl sites for hydroxylation is 1. The number of aromatic nitrogens is 3. The minimum absolute atomic E-state index is 0.177. The summed E-state index contributed by atoms with van der Waals surface area (Å²) in [5.41, 5.74) is 1.36. The lowest BCUT2D eigenvalue weighted by molar-refractivity contribution is 0.102. The molecule has 8 nitrogen and oxygen atoms in total. The second kappa shape index (κ2) is 11.9. The number of allylic oxidation sites excluding steroid dienone is 3. The molecule has 1 aromatic carbocycles. The molecule has 0 aliphatic carbocycles. The van der Waals surface area contributed by atoms with E-state index in [0.717, 1.165) is 17.1 Å². The molecule has 0 spiro atoms. The van der Waals surface area contributed by atoms with Gasteiger partial charge in [-0.05, 0) is 55.9 Å². The lowest BCUT2D eigenvalue weighted by Gasteiger charge is -2.14. The van der Waals surface area contributed by atoms with E-state index in [4.69, 9.17) is 14.2 Å². The fraction of sp³-hybridized carbons (Fsp3) is 0.250. The van der Waals surface area contributed by atoms with Crippen molar-refractivity contribution in [1.29, 1.82) is 0 Å². The quantitative estimate of drug-likeness (QED) is 0.241. The number of hydrogen-bond acceptors (Lipinski definition) is 8. The molecule has 2 aromatic heterocycles. The van der Waals surface area contributed by atoms with Gasteiger partial charge in [-0.1, -0.05) is 23.3 Å². The van der Waals surface area contributed by atoms with Gasteiger partial charge in [-0.3, -0.25) is 15.1 Å². The number of amides is 1. The molecule has 0 saturated carbocycles. The number of halogens is 1. The number of anilines is 1. The average Bonchev–Trinajstić information content (AvgIpc) is 3.27. The first-order chi connectivity index (χ1) is 16.4. The number of nitrogens with one attached hydrogen (secondary N) is 1. The molecule has 0 aliphatic rings. The van der Waals surface area contributed by atoms with Crippen LogP contribution in [0.25, 0.3) is 11.1 Å². The van der Waals surface area contributed by atoms with Crippen LogP contribution in [-0.2, 0) is 4.74 Å². The van der Waals surface area contributed by atoms with Crippen LogP contribution in [-0.4, -0.2) is 41.9 Å². The molecule has 0 fully saturated rings. The van der Waals surface area contributed by atoms with Crippen molar-refractivity contribution in [3.05, 3.63) is 71.5 Å². The summed E-state index contributed by atoms with van der Waals surface area (Å²) < 4.78 is 30.6. The van der Waals surface area contributed by atoms with Crippen molar-refractivity contribution in [2.45, 2.75) is 20.3 Å². The Bertz CT molecular complexity index is 1210. The topological polar surface area (TPSA) is 95.5 Å². The molecule has 178 valence electrons. The zero-order valence-electron chi connectivity index (χ0n) is 19.3. The lowest BCUT2D eigenvalue weighted by Crippen LogP contribution is -2.14. The number of benzene rings is 1. The summed E-state index contributed by atoms with van der Waals surface area (Å²) >= 11 is 1.09. The van der Waals surface area contributed by atoms with E-state index in [1.807, 2.05) is 25.2 Å². The maximum atomic E-state index is 14.7. The number of pyridine rings is 1. The SMILES string of the molecule is CO/C(C)=C/C=C\CCOc1nnc(NC(=O)c2cnc(C)cc2-c2c(F)cccc2OC)s1. The lowest BCUT2D eigenvalue weighted by atomic mass is 9.98. The average molecular weight is 485 g/mol. The number of hydrogen-bond donors (Lipinski definition) is 1. The first-order valence-electron chi connectivity index (χ1n) is 10.4. The van der Waals surface area contributed by atoms with Crippen molar-refractivity contribution >= 4 is 22.4 Å². The highest BCUT2D eigenvalue weighted by molar-refractivity contribution is 7.17. The van der Waals surface area contributed by atoms with Crippen LogP contribution in [0.15, 0.2) is 54.4 Å². The normalized spacial score (nSPS) is 11.5. The zero-order chi connectivity index (χ0) is 24.5. The third-order valence-corrected chi connectivity index (χ3v) is 5.43. The van der Waals surface area contributed by atoms with E-state index in [-0.39, 0.29) is 16.3 Å². The molecule has 34 heavy (non-hydrogen) atoms. The highest BCUT2D eigenvalue weighted by Gasteiger charge is 2.21. The number of rotatable bonds is 10. The van der Waals surface area contributed by atoms with Crippen LogP contribution in [0.2, 0.25) is 0 Å². The molecule has 1 amide bonds. The van der Waals surface area contributed by atoms with Crippen LogP contribution in [0.3, 0.4) is 0 Å². The van der Waals surface area contributed by atoms with E-state index in [0.29, 0.717) is 35.2 Å². The molecule has 0 bridgehead atoms. The highest BCUT2D eigenvalue weighted by atomic mass is 32.1. The Kier molecular flexibility index (Phi) is 8.69. The molecule has 3 rings (SSSR count). The van der Waals surface area contributed by atoms with E-state index >= 15 is 0 Å². The minimum atomic E-state index is -0.507. The summed E-state index contributed by atoms with van der Waals surface area (Å²) in [5.74, 6) is 0.112. The molecule has 10 heteroatoms. The fourth-order valence-electron chi connectivity index (χ4n) is 2.95. The number of ether oxygens (including phenoxy) is 3. The summed E-state index contributed by atoms with van der Waals surface area (Å²) in [7, 11) is 3.06. The molecule has 1 N–H and O–H groups in total. The summed E-state index contributed by atoms with van der Waals surface area (Å²) in [6.07, 6.45) is 7.73. The van der Waals surface area contributed by atoms with Crippen LogP contribution in [0.4, 0.5) is 9.52 Å². The van der Waals surface area contributed by atoms with Gasteiger partial charge in [0.05, 0.1) is 37.7 Å². The van der Waals surface area contributed by atoms with Gasteiger partial charge < -0.3 is 14.2 Å². The molecule has 0 aliphatic heterocycles. The van der Waals surface area contributed by atoms with Gasteiger partial charge >= 0.3 is 0 Å². The van der Waals surface area contributed by atoms with Crippen LogP contribution >= 0.6 is 11.3 Å². The predicted octanol–water partition coefficient (Wildman–Crippen LogP) is 5.18. The largest absolute Gasteiger partial charge is 0.501 e. The van der Waals surface area contributed by atoms with Crippen molar-refractivity contribution < 1.29 is 23.4 Å². The summed E-state index contributed by atoms with van der Waals surface area (Å²) in [6.45, 7) is 4.02. The molecule has 0 radical (unpaired) electrons. The molecule has 3 aromatic rings. The number of carbonyl (C=O) groups excluding carboxylic acids is 1. The molecule has 2 heterocycles. The van der Waals surface area contributed by atoms with E-state index < -0.39 is 11.7 Å². The van der Waals surface area contributed by atoms with E-state index in [1.54, 1.807) is 32.2 Å². The zero-order valence-corrected chi connectivity index (χ0v) is 20.1. The third-order valence-electron chi connectivity index (χ3n) is 4.68. The van der Waals surface area contributed by atoms with E-state index in [2.05, 4.69) is 20.5 Å². The van der Waals surface area contributed by atoms with Gasteiger partial charge in [0.25, 0.3) is 11.1 Å². The summed E-state index contributed by atoms with van der Waals surface area (Å²) in [5, 5.41) is 11.1. The van der Waals surface area contributed by atoms with Gasteiger partial charge in [-0.25, -0.2) is 4.39 Å². The smallest absolute Gasteiger partial charge is 0.295 e. The second-order valence-corrected chi connectivity index (χ2v) is 8.00. The molecule has 0 atom stereocenters. The van der Waals surface area contributed by atoms with Crippen molar-refractivity contribution in [1.82, 2.24) is 15.2 Å². The molecular formula is C24H25FN4O4S. The van der Waals surface area contributed by atoms with Gasteiger partial charge in [0, 0.05) is 17.5 Å². The van der Waals surface area contributed by atoms with Gasteiger partial charge in [-0.2, -0.15) is 0 Å². The fourth-order valence-corrected chi connectivity index (χ4v) is 3.56. The van der Waals surface area contributed by atoms with Gasteiger partial charge in [0.2, 0.25) is 5.13 Å². The third kappa shape index (κ3) is 6.38.